The van der Waals surface area contributed by atoms with Gasteiger partial charge >= 0.3 is 0 Å². The minimum absolute atomic E-state index is 0.626. The van der Waals surface area contributed by atoms with E-state index in [1.54, 1.807) is 6.07 Å². The summed E-state index contributed by atoms with van der Waals surface area (Å²) in [5.41, 5.74) is 6.48. The van der Waals surface area contributed by atoms with Crippen LogP contribution >= 0.6 is 11.6 Å². The summed E-state index contributed by atoms with van der Waals surface area (Å²) < 4.78 is 5.80. The summed E-state index contributed by atoms with van der Waals surface area (Å²) >= 11 is 5.85. The molecule has 1 aromatic carbocycles. The molecule has 0 amide bonds. The second-order valence-corrected chi connectivity index (χ2v) is 5.57. The van der Waals surface area contributed by atoms with Gasteiger partial charge in [-0.3, -0.25) is 0 Å². The molecule has 0 aromatic heterocycles. The van der Waals surface area contributed by atoms with Gasteiger partial charge in [0.15, 0.2) is 0 Å². The summed E-state index contributed by atoms with van der Waals surface area (Å²) in [6.45, 7) is 3.10. The van der Waals surface area contributed by atoms with E-state index in [-0.39, 0.29) is 0 Å². The summed E-state index contributed by atoms with van der Waals surface area (Å²) in [7, 11) is 0. The second kappa shape index (κ2) is 5.63. The van der Waals surface area contributed by atoms with Crippen LogP contribution in [0.2, 0.25) is 5.02 Å². The SMILES string of the molecule is CC1CCCC(COc2ccc(Cl)cc2N)C1. The molecule has 1 aliphatic carbocycles. The zero-order chi connectivity index (χ0) is 12.3. The molecule has 17 heavy (non-hydrogen) atoms. The van der Waals surface area contributed by atoms with Crippen molar-refractivity contribution in [3.63, 3.8) is 0 Å². The van der Waals surface area contributed by atoms with Gasteiger partial charge in [-0.05, 0) is 42.9 Å². The van der Waals surface area contributed by atoms with Crippen molar-refractivity contribution >= 4 is 17.3 Å². The predicted octanol–water partition coefficient (Wildman–Crippen LogP) is 4.13. The quantitative estimate of drug-likeness (QED) is 0.823. The zero-order valence-corrected chi connectivity index (χ0v) is 11.0. The monoisotopic (exact) mass is 253 g/mol. The summed E-state index contributed by atoms with van der Waals surface area (Å²) in [6.07, 6.45) is 5.23. The normalized spacial score (nSPS) is 24.6. The number of hydrogen-bond donors (Lipinski definition) is 1. The van der Waals surface area contributed by atoms with Crippen molar-refractivity contribution in [1.82, 2.24) is 0 Å². The lowest BCUT2D eigenvalue weighted by molar-refractivity contribution is 0.183. The van der Waals surface area contributed by atoms with Crippen molar-refractivity contribution < 1.29 is 4.74 Å². The van der Waals surface area contributed by atoms with E-state index < -0.39 is 0 Å². The van der Waals surface area contributed by atoms with Gasteiger partial charge in [0.2, 0.25) is 0 Å². The fraction of sp³-hybridized carbons (Fsp3) is 0.571. The van der Waals surface area contributed by atoms with Gasteiger partial charge in [-0.15, -0.1) is 0 Å². The van der Waals surface area contributed by atoms with Gasteiger partial charge in [0.05, 0.1) is 12.3 Å². The Morgan fingerprint density at radius 1 is 1.41 bits per heavy atom. The molecule has 0 spiro atoms. The molecule has 1 fully saturated rings. The third-order valence-corrected chi connectivity index (χ3v) is 3.73. The van der Waals surface area contributed by atoms with Crippen molar-refractivity contribution in [1.29, 1.82) is 0 Å². The van der Waals surface area contributed by atoms with Crippen LogP contribution in [0, 0.1) is 11.8 Å². The Labute approximate surface area is 108 Å². The lowest BCUT2D eigenvalue weighted by atomic mass is 9.83. The van der Waals surface area contributed by atoms with Crippen LogP contribution < -0.4 is 10.5 Å². The Hall–Kier alpha value is -0.890. The molecular formula is C14H20ClNO. The Bertz CT molecular complexity index is 380. The third kappa shape index (κ3) is 3.53. The van der Waals surface area contributed by atoms with Crippen molar-refractivity contribution in [2.75, 3.05) is 12.3 Å². The largest absolute Gasteiger partial charge is 0.491 e. The molecule has 1 aromatic rings. The Morgan fingerprint density at radius 3 is 2.94 bits per heavy atom. The summed E-state index contributed by atoms with van der Waals surface area (Å²) in [4.78, 5) is 0. The van der Waals surface area contributed by atoms with Gasteiger partial charge in [0.25, 0.3) is 0 Å². The first-order chi connectivity index (χ1) is 8.15. The average Bonchev–Trinajstić information content (AvgIpc) is 2.28. The van der Waals surface area contributed by atoms with Crippen molar-refractivity contribution in [3.8, 4) is 5.75 Å². The van der Waals surface area contributed by atoms with E-state index in [0.717, 1.165) is 18.3 Å². The number of hydrogen-bond acceptors (Lipinski definition) is 2. The van der Waals surface area contributed by atoms with E-state index in [0.29, 0.717) is 16.6 Å². The zero-order valence-electron chi connectivity index (χ0n) is 10.3. The molecule has 2 nitrogen and oxygen atoms in total. The van der Waals surface area contributed by atoms with Crippen LogP contribution in [0.25, 0.3) is 0 Å². The summed E-state index contributed by atoms with van der Waals surface area (Å²) in [6, 6.07) is 5.40. The van der Waals surface area contributed by atoms with E-state index in [9.17, 15) is 0 Å². The molecule has 2 rings (SSSR count). The van der Waals surface area contributed by atoms with Crippen LogP contribution in [0.5, 0.6) is 5.75 Å². The van der Waals surface area contributed by atoms with Crippen molar-refractivity contribution in [2.45, 2.75) is 32.6 Å². The first kappa shape index (κ1) is 12.6. The number of benzene rings is 1. The highest BCUT2D eigenvalue weighted by Gasteiger charge is 2.19. The highest BCUT2D eigenvalue weighted by atomic mass is 35.5. The van der Waals surface area contributed by atoms with Crippen LogP contribution in [0.15, 0.2) is 18.2 Å². The number of rotatable bonds is 3. The Balaban J connectivity index is 1.88. The molecule has 2 unspecified atom stereocenters. The van der Waals surface area contributed by atoms with Gasteiger partial charge in [-0.25, -0.2) is 0 Å². The topological polar surface area (TPSA) is 35.2 Å². The minimum atomic E-state index is 0.626. The first-order valence-electron chi connectivity index (χ1n) is 6.33. The molecule has 1 saturated carbocycles. The smallest absolute Gasteiger partial charge is 0.142 e. The van der Waals surface area contributed by atoms with Crippen molar-refractivity contribution in [2.24, 2.45) is 11.8 Å². The van der Waals surface area contributed by atoms with Gasteiger partial charge in [0.1, 0.15) is 5.75 Å². The standard InChI is InChI=1S/C14H20ClNO/c1-10-3-2-4-11(7-10)9-17-14-6-5-12(15)8-13(14)16/h5-6,8,10-11H,2-4,7,9,16H2,1H3. The molecule has 0 bridgehead atoms. The van der Waals surface area contributed by atoms with Gasteiger partial charge in [-0.2, -0.15) is 0 Å². The number of halogens is 1. The minimum Gasteiger partial charge on any atom is -0.491 e. The number of anilines is 1. The second-order valence-electron chi connectivity index (χ2n) is 5.13. The summed E-state index contributed by atoms with van der Waals surface area (Å²) in [5.74, 6) is 2.27. The lowest BCUT2D eigenvalue weighted by Crippen LogP contribution is -2.19. The van der Waals surface area contributed by atoms with Crippen LogP contribution in [0.3, 0.4) is 0 Å². The van der Waals surface area contributed by atoms with E-state index in [1.807, 2.05) is 12.1 Å². The molecule has 2 atom stereocenters. The lowest BCUT2D eigenvalue weighted by Gasteiger charge is -2.26. The summed E-state index contributed by atoms with van der Waals surface area (Å²) in [5, 5.41) is 0.654. The van der Waals surface area contributed by atoms with Gasteiger partial charge < -0.3 is 10.5 Å². The molecule has 0 saturated heterocycles. The first-order valence-corrected chi connectivity index (χ1v) is 6.71. The van der Waals surface area contributed by atoms with Gasteiger partial charge in [0, 0.05) is 5.02 Å². The maximum atomic E-state index is 5.85. The molecule has 3 heteroatoms. The molecule has 94 valence electrons. The van der Waals surface area contributed by atoms with E-state index in [4.69, 9.17) is 22.1 Å². The Kier molecular flexibility index (Phi) is 4.16. The molecular weight excluding hydrogens is 234 g/mol. The molecule has 1 aliphatic rings. The number of nitrogen functional groups attached to an aromatic ring is 1. The van der Waals surface area contributed by atoms with E-state index in [2.05, 4.69) is 6.92 Å². The number of nitrogens with two attached hydrogens (primary N) is 1. The fourth-order valence-electron chi connectivity index (χ4n) is 2.57. The van der Waals surface area contributed by atoms with Gasteiger partial charge in [-0.1, -0.05) is 31.4 Å². The maximum absolute atomic E-state index is 5.85. The van der Waals surface area contributed by atoms with Crippen LogP contribution in [0.1, 0.15) is 32.6 Å². The average molecular weight is 254 g/mol. The predicted molar refractivity (Wildman–Crippen MR) is 72.5 cm³/mol. The highest BCUT2D eigenvalue weighted by Crippen LogP contribution is 2.30. The van der Waals surface area contributed by atoms with Crippen LogP contribution in [0.4, 0.5) is 5.69 Å². The van der Waals surface area contributed by atoms with Crippen molar-refractivity contribution in [3.05, 3.63) is 23.2 Å². The maximum Gasteiger partial charge on any atom is 0.142 e. The van der Waals surface area contributed by atoms with Crippen LogP contribution in [-0.2, 0) is 0 Å². The molecule has 2 N–H and O–H groups in total. The number of ether oxygens (including phenoxy) is 1. The fourth-order valence-corrected chi connectivity index (χ4v) is 2.75. The van der Waals surface area contributed by atoms with E-state index >= 15 is 0 Å². The highest BCUT2D eigenvalue weighted by molar-refractivity contribution is 6.30. The molecule has 0 radical (unpaired) electrons. The Morgan fingerprint density at radius 2 is 2.24 bits per heavy atom. The molecule has 0 aliphatic heterocycles. The van der Waals surface area contributed by atoms with E-state index in [1.165, 1.54) is 25.7 Å². The van der Waals surface area contributed by atoms with Crippen LogP contribution in [-0.4, -0.2) is 6.61 Å². The molecule has 0 heterocycles. The third-order valence-electron chi connectivity index (χ3n) is 3.49.